The third-order valence-corrected chi connectivity index (χ3v) is 5.40. The van der Waals surface area contributed by atoms with E-state index in [1.54, 1.807) is 11.0 Å². The highest BCUT2D eigenvalue weighted by Gasteiger charge is 2.29. The Morgan fingerprint density at radius 1 is 1.29 bits per heavy atom. The van der Waals surface area contributed by atoms with Crippen molar-refractivity contribution in [2.24, 2.45) is 0 Å². The van der Waals surface area contributed by atoms with Crippen LogP contribution in [-0.2, 0) is 4.74 Å². The van der Waals surface area contributed by atoms with Crippen LogP contribution < -0.4 is 10.1 Å². The molecule has 0 saturated carbocycles. The molecule has 5 nitrogen and oxygen atoms in total. The molecule has 6 heteroatoms. The smallest absolute Gasteiger partial charge is 0.410 e. The van der Waals surface area contributed by atoms with Gasteiger partial charge in [-0.2, -0.15) is 0 Å². The van der Waals surface area contributed by atoms with Crippen molar-refractivity contribution in [3.8, 4) is 5.75 Å². The summed E-state index contributed by atoms with van der Waals surface area (Å²) in [5, 5.41) is 3.91. The van der Waals surface area contributed by atoms with Crippen molar-refractivity contribution in [2.45, 2.75) is 25.8 Å². The molecule has 1 aliphatic rings. The van der Waals surface area contributed by atoms with E-state index in [2.05, 4.69) is 18.0 Å². The first-order valence-corrected chi connectivity index (χ1v) is 10.9. The zero-order valence-corrected chi connectivity index (χ0v) is 18.8. The topological polar surface area (TPSA) is 50.8 Å². The van der Waals surface area contributed by atoms with Crippen LogP contribution in [-0.4, -0.2) is 37.8 Å². The third kappa shape index (κ3) is 5.61. The molecule has 2 aromatic carbocycles. The summed E-state index contributed by atoms with van der Waals surface area (Å²) in [5.41, 5.74) is 4.19. The molecule has 1 amide bonds. The third-order valence-electron chi connectivity index (χ3n) is 5.17. The van der Waals surface area contributed by atoms with Gasteiger partial charge in [0.15, 0.2) is 0 Å². The zero-order chi connectivity index (χ0) is 22.2. The van der Waals surface area contributed by atoms with E-state index in [9.17, 15) is 4.79 Å². The van der Waals surface area contributed by atoms with E-state index in [1.165, 1.54) is 0 Å². The molecular weight excluding hydrogens is 412 g/mol. The van der Waals surface area contributed by atoms with E-state index in [1.807, 2.05) is 56.4 Å². The number of halogens is 1. The van der Waals surface area contributed by atoms with Crippen LogP contribution in [0.1, 0.15) is 36.9 Å². The molecule has 31 heavy (non-hydrogen) atoms. The number of carbonyl (C=O) groups is 1. The molecule has 3 rings (SSSR count). The molecule has 1 N–H and O–H groups in total. The SMILES string of the molecule is C=CCOc1ccc(C2C=C(c3cc(Cl)ccc3NC)CCN2C(=O)OCCC)cc1. The van der Waals surface area contributed by atoms with Gasteiger partial charge in [0.25, 0.3) is 0 Å². The van der Waals surface area contributed by atoms with E-state index in [0.29, 0.717) is 31.2 Å². The van der Waals surface area contributed by atoms with Crippen molar-refractivity contribution in [1.82, 2.24) is 4.90 Å². The summed E-state index contributed by atoms with van der Waals surface area (Å²) < 4.78 is 11.0. The summed E-state index contributed by atoms with van der Waals surface area (Å²) >= 11 is 6.28. The Labute approximate surface area is 189 Å². The van der Waals surface area contributed by atoms with Crippen LogP contribution in [0.15, 0.2) is 61.2 Å². The minimum absolute atomic E-state index is 0.245. The van der Waals surface area contributed by atoms with Crippen LogP contribution in [0.5, 0.6) is 5.75 Å². The predicted molar refractivity (Wildman–Crippen MR) is 127 cm³/mol. The van der Waals surface area contributed by atoms with E-state index in [-0.39, 0.29) is 12.1 Å². The molecule has 0 aliphatic carbocycles. The first-order chi connectivity index (χ1) is 15.1. The summed E-state index contributed by atoms with van der Waals surface area (Å²) in [6.45, 7) is 7.07. The van der Waals surface area contributed by atoms with Gasteiger partial charge < -0.3 is 14.8 Å². The molecule has 1 unspecified atom stereocenters. The molecule has 0 aromatic heterocycles. The standard InChI is InChI=1S/C25H29ClN2O3/c1-4-14-30-21-9-6-18(7-10-21)24-16-19(12-13-28(24)25(29)31-15-5-2)22-17-20(26)8-11-23(22)27-3/h4,6-11,16-17,24,27H,1,5,12-15H2,2-3H3. The van der Waals surface area contributed by atoms with Gasteiger partial charge in [0, 0.05) is 29.9 Å². The van der Waals surface area contributed by atoms with Crippen molar-refractivity contribution in [1.29, 1.82) is 0 Å². The number of ether oxygens (including phenoxy) is 2. The first-order valence-electron chi connectivity index (χ1n) is 10.5. The molecule has 0 saturated heterocycles. The van der Waals surface area contributed by atoms with Gasteiger partial charge in [-0.05, 0) is 54.3 Å². The highest BCUT2D eigenvalue weighted by Crippen LogP contribution is 2.37. The summed E-state index contributed by atoms with van der Waals surface area (Å²) in [6, 6.07) is 13.4. The Balaban J connectivity index is 1.97. The summed E-state index contributed by atoms with van der Waals surface area (Å²) in [4.78, 5) is 14.6. The lowest BCUT2D eigenvalue weighted by molar-refractivity contribution is 0.0924. The lowest BCUT2D eigenvalue weighted by Crippen LogP contribution is -2.38. The van der Waals surface area contributed by atoms with Crippen molar-refractivity contribution >= 4 is 29.0 Å². The predicted octanol–water partition coefficient (Wildman–Crippen LogP) is 6.32. The molecule has 0 radical (unpaired) electrons. The molecule has 164 valence electrons. The number of carbonyl (C=O) groups excluding carboxylic acids is 1. The van der Waals surface area contributed by atoms with Gasteiger partial charge in [-0.25, -0.2) is 4.79 Å². The summed E-state index contributed by atoms with van der Waals surface area (Å²) in [7, 11) is 1.89. The van der Waals surface area contributed by atoms with Crippen LogP contribution in [0.3, 0.4) is 0 Å². The minimum atomic E-state index is -0.297. The van der Waals surface area contributed by atoms with Gasteiger partial charge in [0.05, 0.1) is 12.6 Å². The van der Waals surface area contributed by atoms with E-state index >= 15 is 0 Å². The average molecular weight is 441 g/mol. The fraction of sp³-hybridized carbons (Fsp3) is 0.320. The number of hydrogen-bond donors (Lipinski definition) is 1. The van der Waals surface area contributed by atoms with Crippen molar-refractivity contribution in [2.75, 3.05) is 32.1 Å². The second-order valence-corrected chi connectivity index (χ2v) is 7.74. The average Bonchev–Trinajstić information content (AvgIpc) is 2.81. The van der Waals surface area contributed by atoms with Crippen LogP contribution in [0.2, 0.25) is 5.02 Å². The van der Waals surface area contributed by atoms with Crippen LogP contribution in [0.25, 0.3) is 5.57 Å². The number of benzene rings is 2. The monoisotopic (exact) mass is 440 g/mol. The Hall–Kier alpha value is -2.92. The Bertz CT molecular complexity index is 940. The molecule has 0 fully saturated rings. The maximum absolute atomic E-state index is 12.8. The van der Waals surface area contributed by atoms with Gasteiger partial charge in [0.2, 0.25) is 0 Å². The molecule has 1 heterocycles. The number of rotatable bonds is 8. The fourth-order valence-electron chi connectivity index (χ4n) is 3.64. The van der Waals surface area contributed by atoms with Crippen LogP contribution in [0, 0.1) is 0 Å². The van der Waals surface area contributed by atoms with E-state index < -0.39 is 0 Å². The lowest BCUT2D eigenvalue weighted by Gasteiger charge is -2.34. The zero-order valence-electron chi connectivity index (χ0n) is 18.1. The van der Waals surface area contributed by atoms with Gasteiger partial charge in [-0.15, -0.1) is 0 Å². The summed E-state index contributed by atoms with van der Waals surface area (Å²) in [5.74, 6) is 0.760. The van der Waals surface area contributed by atoms with Gasteiger partial charge in [-0.3, -0.25) is 4.90 Å². The molecule has 1 aliphatic heterocycles. The number of hydrogen-bond acceptors (Lipinski definition) is 4. The minimum Gasteiger partial charge on any atom is -0.490 e. The van der Waals surface area contributed by atoms with E-state index in [4.69, 9.17) is 21.1 Å². The number of nitrogens with one attached hydrogen (secondary N) is 1. The van der Waals surface area contributed by atoms with E-state index in [0.717, 1.165) is 34.6 Å². The van der Waals surface area contributed by atoms with Crippen LogP contribution in [0.4, 0.5) is 10.5 Å². The number of nitrogens with zero attached hydrogens (tertiary/aromatic N) is 1. The first kappa shape index (κ1) is 22.8. The Kier molecular flexibility index (Phi) is 8.01. The Morgan fingerprint density at radius 2 is 2.06 bits per heavy atom. The van der Waals surface area contributed by atoms with Gasteiger partial charge >= 0.3 is 6.09 Å². The highest BCUT2D eigenvalue weighted by atomic mass is 35.5. The lowest BCUT2D eigenvalue weighted by atomic mass is 9.91. The molecule has 1 atom stereocenters. The normalized spacial score (nSPS) is 15.8. The molecule has 0 bridgehead atoms. The Morgan fingerprint density at radius 3 is 2.74 bits per heavy atom. The molecular formula is C25H29ClN2O3. The number of amides is 1. The fourth-order valence-corrected chi connectivity index (χ4v) is 3.81. The second kappa shape index (κ2) is 10.9. The molecule has 2 aromatic rings. The molecule has 0 spiro atoms. The maximum atomic E-state index is 12.8. The van der Waals surface area contributed by atoms with Gasteiger partial charge in [0.1, 0.15) is 12.4 Å². The maximum Gasteiger partial charge on any atom is 0.410 e. The quantitative estimate of drug-likeness (QED) is 0.487. The summed E-state index contributed by atoms with van der Waals surface area (Å²) in [6.07, 6.45) is 5.04. The largest absolute Gasteiger partial charge is 0.490 e. The number of anilines is 1. The van der Waals surface area contributed by atoms with Crippen molar-refractivity contribution in [3.63, 3.8) is 0 Å². The second-order valence-electron chi connectivity index (χ2n) is 7.30. The van der Waals surface area contributed by atoms with Crippen molar-refractivity contribution in [3.05, 3.63) is 77.3 Å². The van der Waals surface area contributed by atoms with Gasteiger partial charge in [-0.1, -0.05) is 49.4 Å². The van der Waals surface area contributed by atoms with Crippen molar-refractivity contribution < 1.29 is 14.3 Å². The highest BCUT2D eigenvalue weighted by molar-refractivity contribution is 6.30. The van der Waals surface area contributed by atoms with Crippen LogP contribution >= 0.6 is 11.6 Å².